The van der Waals surface area contributed by atoms with Gasteiger partial charge in [-0.3, -0.25) is 5.41 Å². The van der Waals surface area contributed by atoms with E-state index in [2.05, 4.69) is 0 Å². The van der Waals surface area contributed by atoms with E-state index in [0.717, 1.165) is 5.56 Å². The van der Waals surface area contributed by atoms with E-state index in [-0.39, 0.29) is 11.9 Å². The van der Waals surface area contributed by atoms with Crippen LogP contribution in [0.5, 0.6) is 5.75 Å². The first-order valence-corrected chi connectivity index (χ1v) is 5.19. The van der Waals surface area contributed by atoms with Crippen LogP contribution in [-0.2, 0) is 0 Å². The van der Waals surface area contributed by atoms with Crippen molar-refractivity contribution in [3.8, 4) is 5.75 Å². The molecule has 3 N–H and O–H groups in total. The molecule has 1 unspecified atom stereocenters. The highest BCUT2D eigenvalue weighted by Crippen LogP contribution is 2.22. The van der Waals surface area contributed by atoms with Crippen LogP contribution in [0.1, 0.15) is 18.9 Å². The van der Waals surface area contributed by atoms with E-state index in [1.807, 2.05) is 19.9 Å². The number of benzene rings is 1. The molecule has 0 spiro atoms. The zero-order valence-electron chi connectivity index (χ0n) is 8.88. The van der Waals surface area contributed by atoms with Gasteiger partial charge in [0.05, 0.1) is 0 Å². The van der Waals surface area contributed by atoms with E-state index in [4.69, 9.17) is 27.5 Å². The highest BCUT2D eigenvalue weighted by molar-refractivity contribution is 6.31. The molecule has 82 valence electrons. The van der Waals surface area contributed by atoms with Crippen molar-refractivity contribution in [3.05, 3.63) is 28.8 Å². The zero-order valence-corrected chi connectivity index (χ0v) is 9.64. The van der Waals surface area contributed by atoms with Gasteiger partial charge >= 0.3 is 0 Å². The molecule has 0 bridgehead atoms. The number of hydrogen-bond donors (Lipinski definition) is 2. The first-order chi connectivity index (χ1) is 7.04. The van der Waals surface area contributed by atoms with Crippen molar-refractivity contribution < 1.29 is 4.74 Å². The minimum Gasteiger partial charge on any atom is -0.483 e. The normalized spacial score (nSPS) is 12.2. The third-order valence-corrected chi connectivity index (χ3v) is 2.55. The van der Waals surface area contributed by atoms with Crippen LogP contribution in [0.4, 0.5) is 0 Å². The Balaban J connectivity index is 2.80. The third-order valence-electron chi connectivity index (χ3n) is 2.13. The lowest BCUT2D eigenvalue weighted by Gasteiger charge is -2.16. The molecule has 0 saturated heterocycles. The van der Waals surface area contributed by atoms with Gasteiger partial charge in [-0.2, -0.15) is 0 Å². The molecular formula is C11H15ClN2O. The number of nitrogens with two attached hydrogens (primary N) is 1. The van der Waals surface area contributed by atoms with Crippen molar-refractivity contribution >= 4 is 17.4 Å². The van der Waals surface area contributed by atoms with Gasteiger partial charge in [0.25, 0.3) is 0 Å². The topological polar surface area (TPSA) is 59.1 Å². The number of rotatable bonds is 4. The highest BCUT2D eigenvalue weighted by Gasteiger charge is 2.11. The Morgan fingerprint density at radius 3 is 2.73 bits per heavy atom. The van der Waals surface area contributed by atoms with Crippen LogP contribution in [0.25, 0.3) is 0 Å². The van der Waals surface area contributed by atoms with Gasteiger partial charge < -0.3 is 10.5 Å². The van der Waals surface area contributed by atoms with E-state index >= 15 is 0 Å². The summed E-state index contributed by atoms with van der Waals surface area (Å²) in [7, 11) is 0. The molecule has 1 rings (SSSR count). The summed E-state index contributed by atoms with van der Waals surface area (Å²) in [5.41, 5.74) is 6.35. The smallest absolute Gasteiger partial charge is 0.155 e. The van der Waals surface area contributed by atoms with Crippen molar-refractivity contribution in [2.24, 2.45) is 5.73 Å². The van der Waals surface area contributed by atoms with Gasteiger partial charge in [0.2, 0.25) is 0 Å². The predicted molar refractivity (Wildman–Crippen MR) is 62.8 cm³/mol. The second kappa shape index (κ2) is 5.03. The van der Waals surface area contributed by atoms with Crippen LogP contribution < -0.4 is 10.5 Å². The first-order valence-electron chi connectivity index (χ1n) is 4.81. The van der Waals surface area contributed by atoms with Gasteiger partial charge in [0.15, 0.2) is 6.10 Å². The molecule has 0 aliphatic carbocycles. The minimum atomic E-state index is -0.356. The Kier molecular flexibility index (Phi) is 3.97. The van der Waals surface area contributed by atoms with Gasteiger partial charge in [-0.1, -0.05) is 18.5 Å². The number of hydrogen-bond acceptors (Lipinski definition) is 2. The van der Waals surface area contributed by atoms with Crippen molar-refractivity contribution in [2.75, 3.05) is 0 Å². The SMILES string of the molecule is CCC(Oc1ccc(Cl)c(C)c1)C(=N)N. The number of nitrogens with one attached hydrogen (secondary N) is 1. The molecule has 0 aromatic heterocycles. The lowest BCUT2D eigenvalue weighted by atomic mass is 10.2. The van der Waals surface area contributed by atoms with Gasteiger partial charge in [-0.15, -0.1) is 0 Å². The Labute approximate surface area is 94.7 Å². The maximum absolute atomic E-state index is 7.32. The fraction of sp³-hybridized carbons (Fsp3) is 0.364. The van der Waals surface area contributed by atoms with Crippen molar-refractivity contribution in [1.82, 2.24) is 0 Å². The molecule has 0 aliphatic heterocycles. The maximum Gasteiger partial charge on any atom is 0.155 e. The number of aryl methyl sites for hydroxylation is 1. The molecule has 0 radical (unpaired) electrons. The summed E-state index contributed by atoms with van der Waals surface area (Å²) in [5, 5.41) is 8.03. The Morgan fingerprint density at radius 2 is 2.27 bits per heavy atom. The molecule has 1 aromatic carbocycles. The average Bonchev–Trinajstić information content (AvgIpc) is 2.19. The summed E-state index contributed by atoms with van der Waals surface area (Å²) in [4.78, 5) is 0. The first kappa shape index (κ1) is 11.9. The van der Waals surface area contributed by atoms with E-state index in [1.165, 1.54) is 0 Å². The highest BCUT2D eigenvalue weighted by atomic mass is 35.5. The summed E-state index contributed by atoms with van der Waals surface area (Å²) < 4.78 is 5.55. The van der Waals surface area contributed by atoms with Crippen LogP contribution >= 0.6 is 11.6 Å². The van der Waals surface area contributed by atoms with Crippen LogP contribution in [-0.4, -0.2) is 11.9 Å². The van der Waals surface area contributed by atoms with Crippen molar-refractivity contribution in [3.63, 3.8) is 0 Å². The predicted octanol–water partition coefficient (Wildman–Crippen LogP) is 2.74. The van der Waals surface area contributed by atoms with Gasteiger partial charge in [-0.05, 0) is 37.1 Å². The summed E-state index contributed by atoms with van der Waals surface area (Å²) in [6.07, 6.45) is 0.322. The molecule has 1 atom stereocenters. The number of amidine groups is 1. The Bertz CT molecular complexity index is 366. The van der Waals surface area contributed by atoms with Gasteiger partial charge in [0, 0.05) is 5.02 Å². The second-order valence-electron chi connectivity index (χ2n) is 3.38. The zero-order chi connectivity index (χ0) is 11.4. The van der Waals surface area contributed by atoms with Gasteiger partial charge in [0.1, 0.15) is 11.6 Å². The summed E-state index contributed by atoms with van der Waals surface area (Å²) in [6, 6.07) is 5.40. The van der Waals surface area contributed by atoms with E-state index in [1.54, 1.807) is 12.1 Å². The molecule has 4 heteroatoms. The summed E-state index contributed by atoms with van der Waals surface area (Å²) in [5.74, 6) is 0.740. The number of ether oxygens (including phenoxy) is 1. The fourth-order valence-corrected chi connectivity index (χ4v) is 1.34. The number of halogens is 1. The second-order valence-corrected chi connectivity index (χ2v) is 3.79. The molecule has 3 nitrogen and oxygen atoms in total. The standard InChI is InChI=1S/C11H15ClN2O/c1-3-10(11(13)14)15-8-4-5-9(12)7(2)6-8/h4-6,10H,3H2,1-2H3,(H3,13,14). The van der Waals surface area contributed by atoms with Crippen LogP contribution in [0.15, 0.2) is 18.2 Å². The molecule has 0 saturated carbocycles. The lowest BCUT2D eigenvalue weighted by molar-refractivity contribution is 0.260. The third kappa shape index (κ3) is 3.13. The quantitative estimate of drug-likeness (QED) is 0.613. The molecule has 15 heavy (non-hydrogen) atoms. The Hall–Kier alpha value is -1.22. The van der Waals surface area contributed by atoms with Gasteiger partial charge in [-0.25, -0.2) is 0 Å². The Morgan fingerprint density at radius 1 is 1.60 bits per heavy atom. The van der Waals surface area contributed by atoms with Crippen LogP contribution in [0.2, 0.25) is 5.02 Å². The van der Waals surface area contributed by atoms with E-state index in [0.29, 0.717) is 17.2 Å². The molecule has 0 fully saturated rings. The molecular weight excluding hydrogens is 212 g/mol. The maximum atomic E-state index is 7.32. The average molecular weight is 227 g/mol. The van der Waals surface area contributed by atoms with Crippen molar-refractivity contribution in [1.29, 1.82) is 5.41 Å². The van der Waals surface area contributed by atoms with Crippen LogP contribution in [0, 0.1) is 12.3 Å². The van der Waals surface area contributed by atoms with E-state index in [9.17, 15) is 0 Å². The minimum absolute atomic E-state index is 0.0464. The molecule has 0 amide bonds. The molecule has 0 heterocycles. The summed E-state index contributed by atoms with van der Waals surface area (Å²) in [6.45, 7) is 3.83. The monoisotopic (exact) mass is 226 g/mol. The lowest BCUT2D eigenvalue weighted by Crippen LogP contribution is -2.32. The van der Waals surface area contributed by atoms with E-state index < -0.39 is 0 Å². The van der Waals surface area contributed by atoms with Crippen LogP contribution in [0.3, 0.4) is 0 Å². The van der Waals surface area contributed by atoms with Crippen molar-refractivity contribution in [2.45, 2.75) is 26.4 Å². The largest absolute Gasteiger partial charge is 0.483 e. The summed E-state index contributed by atoms with van der Waals surface area (Å²) >= 11 is 5.89. The molecule has 0 aliphatic rings. The molecule has 1 aromatic rings. The fourth-order valence-electron chi connectivity index (χ4n) is 1.22.